The number of nitrogens with zero attached hydrogens (tertiary/aromatic N) is 1. The van der Waals surface area contributed by atoms with Gasteiger partial charge in [-0.2, -0.15) is 0 Å². The quantitative estimate of drug-likeness (QED) is 0.629. The highest BCUT2D eigenvalue weighted by Gasteiger charge is 2.30. The van der Waals surface area contributed by atoms with Gasteiger partial charge in [-0.05, 0) is 6.42 Å². The third-order valence-corrected chi connectivity index (χ3v) is 4.04. The zero-order valence-electron chi connectivity index (χ0n) is 12.5. The third-order valence-electron chi connectivity index (χ3n) is 4.04. The van der Waals surface area contributed by atoms with Crippen molar-refractivity contribution in [2.24, 2.45) is 0 Å². The summed E-state index contributed by atoms with van der Waals surface area (Å²) >= 11 is 0. The summed E-state index contributed by atoms with van der Waals surface area (Å²) in [5.74, 6) is 0.168. The van der Waals surface area contributed by atoms with Crippen molar-refractivity contribution >= 4 is 5.91 Å². The van der Waals surface area contributed by atoms with Crippen molar-refractivity contribution in [2.75, 3.05) is 20.1 Å². The van der Waals surface area contributed by atoms with Gasteiger partial charge in [0.1, 0.15) is 0 Å². The maximum atomic E-state index is 12.0. The molecule has 0 saturated carbocycles. The summed E-state index contributed by atoms with van der Waals surface area (Å²) in [4.78, 5) is 13.7. The van der Waals surface area contributed by atoms with Crippen LogP contribution in [0.15, 0.2) is 0 Å². The van der Waals surface area contributed by atoms with Gasteiger partial charge in [0.25, 0.3) is 0 Å². The molecule has 0 radical (unpaired) electrons. The Bertz CT molecular complexity index is 259. The molecule has 0 aliphatic carbocycles. The van der Waals surface area contributed by atoms with E-state index < -0.39 is 6.10 Å². The van der Waals surface area contributed by atoms with E-state index in [0.717, 1.165) is 12.8 Å². The Morgan fingerprint density at radius 2 is 1.79 bits per heavy atom. The highest BCUT2D eigenvalue weighted by atomic mass is 16.3. The second kappa shape index (κ2) is 9.32. The Morgan fingerprint density at radius 3 is 2.37 bits per heavy atom. The first kappa shape index (κ1) is 16.4. The van der Waals surface area contributed by atoms with Gasteiger partial charge in [0, 0.05) is 26.6 Å². The van der Waals surface area contributed by atoms with Gasteiger partial charge in [0.2, 0.25) is 5.91 Å². The second-order valence-corrected chi connectivity index (χ2v) is 5.67. The van der Waals surface area contributed by atoms with Crippen LogP contribution in [-0.2, 0) is 4.79 Å². The number of rotatable bonds is 9. The molecule has 0 unspecified atom stereocenters. The van der Waals surface area contributed by atoms with Crippen LogP contribution in [0.25, 0.3) is 0 Å². The van der Waals surface area contributed by atoms with Gasteiger partial charge in [-0.3, -0.25) is 4.79 Å². The molecule has 1 aliphatic heterocycles. The first-order valence-corrected chi connectivity index (χ1v) is 7.81. The van der Waals surface area contributed by atoms with Gasteiger partial charge in [0.05, 0.1) is 12.1 Å². The van der Waals surface area contributed by atoms with Crippen LogP contribution in [0.3, 0.4) is 0 Å². The van der Waals surface area contributed by atoms with E-state index in [1.165, 1.54) is 32.1 Å². The summed E-state index contributed by atoms with van der Waals surface area (Å²) in [5.41, 5.74) is 0. The van der Waals surface area contributed by atoms with Gasteiger partial charge >= 0.3 is 0 Å². The summed E-state index contributed by atoms with van der Waals surface area (Å²) in [6, 6.07) is -0.0444. The van der Waals surface area contributed by atoms with Crippen LogP contribution in [0.1, 0.15) is 58.3 Å². The Balaban J connectivity index is 2.07. The molecule has 1 fully saturated rings. The minimum absolute atomic E-state index is 0.0444. The second-order valence-electron chi connectivity index (χ2n) is 5.67. The molecule has 1 aliphatic rings. The topological polar surface area (TPSA) is 52.6 Å². The lowest BCUT2D eigenvalue weighted by Crippen LogP contribution is -2.44. The van der Waals surface area contributed by atoms with Crippen molar-refractivity contribution in [1.29, 1.82) is 0 Å². The van der Waals surface area contributed by atoms with E-state index in [0.29, 0.717) is 19.5 Å². The summed E-state index contributed by atoms with van der Waals surface area (Å²) in [5, 5.41) is 12.9. The first-order chi connectivity index (χ1) is 9.16. The molecule has 1 heterocycles. The van der Waals surface area contributed by atoms with Gasteiger partial charge in [-0.25, -0.2) is 0 Å². The van der Waals surface area contributed by atoms with Gasteiger partial charge in [0.15, 0.2) is 0 Å². The third kappa shape index (κ3) is 5.91. The molecule has 19 heavy (non-hydrogen) atoms. The summed E-state index contributed by atoms with van der Waals surface area (Å²) in [7, 11) is 1.81. The van der Waals surface area contributed by atoms with E-state index in [4.69, 9.17) is 0 Å². The number of carbonyl (C=O) groups is 1. The number of nitrogens with one attached hydrogen (secondary N) is 1. The van der Waals surface area contributed by atoms with E-state index >= 15 is 0 Å². The van der Waals surface area contributed by atoms with Gasteiger partial charge in [-0.15, -0.1) is 0 Å². The lowest BCUT2D eigenvalue weighted by atomic mass is 10.1. The molecular weight excluding hydrogens is 240 g/mol. The number of β-amino-alcohol motifs (C(OH)–C–C–N with tert-alkyl or cyclic N) is 1. The highest BCUT2D eigenvalue weighted by Crippen LogP contribution is 2.12. The van der Waals surface area contributed by atoms with Crippen LogP contribution < -0.4 is 5.32 Å². The number of likely N-dealkylation sites (N-methyl/N-ethyl adjacent to an activating group) is 1. The van der Waals surface area contributed by atoms with E-state index in [1.54, 1.807) is 4.90 Å². The predicted molar refractivity (Wildman–Crippen MR) is 78.0 cm³/mol. The van der Waals surface area contributed by atoms with Crippen molar-refractivity contribution in [3.8, 4) is 0 Å². The van der Waals surface area contributed by atoms with Crippen LogP contribution in [0, 0.1) is 0 Å². The number of carbonyl (C=O) groups excluding carboxylic acids is 1. The molecule has 0 spiro atoms. The average molecular weight is 270 g/mol. The van der Waals surface area contributed by atoms with E-state index in [-0.39, 0.29) is 11.9 Å². The zero-order chi connectivity index (χ0) is 14.1. The van der Waals surface area contributed by atoms with Crippen LogP contribution >= 0.6 is 0 Å². The molecule has 1 rings (SSSR count). The number of unbranched alkanes of at least 4 members (excludes halogenated alkanes) is 6. The Kier molecular flexibility index (Phi) is 8.07. The maximum absolute atomic E-state index is 12.0. The molecular formula is C15H30N2O2. The van der Waals surface area contributed by atoms with Gasteiger partial charge < -0.3 is 15.3 Å². The maximum Gasteiger partial charge on any atom is 0.222 e. The first-order valence-electron chi connectivity index (χ1n) is 7.81. The number of aliphatic hydroxyl groups is 1. The lowest BCUT2D eigenvalue weighted by molar-refractivity contribution is -0.133. The smallest absolute Gasteiger partial charge is 0.222 e. The largest absolute Gasteiger partial charge is 0.390 e. The molecule has 4 heteroatoms. The van der Waals surface area contributed by atoms with Crippen molar-refractivity contribution < 1.29 is 9.90 Å². The van der Waals surface area contributed by atoms with Crippen LogP contribution in [0.2, 0.25) is 0 Å². The Hall–Kier alpha value is -0.610. The van der Waals surface area contributed by atoms with E-state index in [1.807, 2.05) is 7.05 Å². The number of hydrogen-bond donors (Lipinski definition) is 2. The molecule has 0 bridgehead atoms. The Morgan fingerprint density at radius 1 is 1.16 bits per heavy atom. The molecule has 2 N–H and O–H groups in total. The fraction of sp³-hybridized carbons (Fsp3) is 0.933. The molecule has 4 nitrogen and oxygen atoms in total. The highest BCUT2D eigenvalue weighted by molar-refractivity contribution is 5.76. The van der Waals surface area contributed by atoms with Gasteiger partial charge in [-0.1, -0.05) is 45.4 Å². The SMILES string of the molecule is CCCCCCCCCC(=O)N(C)[C@H]1CNC[C@@H]1O. The zero-order valence-corrected chi connectivity index (χ0v) is 12.5. The molecule has 0 aromatic heterocycles. The molecule has 1 saturated heterocycles. The summed E-state index contributed by atoms with van der Waals surface area (Å²) in [6.07, 6.45) is 8.80. The predicted octanol–water partition coefficient (Wildman–Crippen LogP) is 1.92. The molecule has 1 amide bonds. The van der Waals surface area contributed by atoms with E-state index in [9.17, 15) is 9.90 Å². The minimum atomic E-state index is -0.414. The van der Waals surface area contributed by atoms with Crippen molar-refractivity contribution in [1.82, 2.24) is 10.2 Å². The Labute approximate surface area is 117 Å². The number of amides is 1. The summed E-state index contributed by atoms with van der Waals surface area (Å²) in [6.45, 7) is 3.53. The lowest BCUT2D eigenvalue weighted by Gasteiger charge is -2.26. The van der Waals surface area contributed by atoms with Crippen molar-refractivity contribution in [3.05, 3.63) is 0 Å². The minimum Gasteiger partial charge on any atom is -0.390 e. The van der Waals surface area contributed by atoms with Crippen molar-refractivity contribution in [3.63, 3.8) is 0 Å². The van der Waals surface area contributed by atoms with E-state index in [2.05, 4.69) is 12.2 Å². The van der Waals surface area contributed by atoms with Crippen LogP contribution in [0.4, 0.5) is 0 Å². The van der Waals surface area contributed by atoms with Crippen LogP contribution in [0.5, 0.6) is 0 Å². The number of aliphatic hydroxyl groups excluding tert-OH is 1. The monoisotopic (exact) mass is 270 g/mol. The standard InChI is InChI=1S/C15H30N2O2/c1-3-4-5-6-7-8-9-10-15(19)17(2)13-11-16-12-14(13)18/h13-14,16,18H,3-12H2,1-2H3/t13-,14-/m0/s1. The van der Waals surface area contributed by atoms with Crippen LogP contribution in [-0.4, -0.2) is 48.2 Å². The molecule has 0 aromatic carbocycles. The molecule has 2 atom stereocenters. The average Bonchev–Trinajstić information content (AvgIpc) is 2.82. The molecule has 0 aromatic rings. The fourth-order valence-electron chi connectivity index (χ4n) is 2.64. The normalized spacial score (nSPS) is 22.7. The number of hydrogen-bond acceptors (Lipinski definition) is 3. The van der Waals surface area contributed by atoms with Crippen molar-refractivity contribution in [2.45, 2.75) is 70.4 Å². The fourth-order valence-corrected chi connectivity index (χ4v) is 2.64. The summed E-state index contributed by atoms with van der Waals surface area (Å²) < 4.78 is 0. The molecule has 112 valence electrons.